The van der Waals surface area contributed by atoms with Crippen molar-refractivity contribution in [3.63, 3.8) is 0 Å². The van der Waals surface area contributed by atoms with E-state index in [2.05, 4.69) is 0 Å². The average molecular weight is 281 g/mol. The molecule has 0 saturated carbocycles. The van der Waals surface area contributed by atoms with Gasteiger partial charge in [-0.3, -0.25) is 0 Å². The lowest BCUT2D eigenvalue weighted by Crippen LogP contribution is -2.09. The molecule has 0 atom stereocenters. The van der Waals surface area contributed by atoms with E-state index in [0.29, 0.717) is 17.7 Å². The largest absolute Gasteiger partial charge is 0.462 e. The molecular formula is C13H15NO4S. The Morgan fingerprint density at radius 1 is 1.32 bits per heavy atom. The quantitative estimate of drug-likeness (QED) is 0.741. The number of sulfone groups is 1. The molecule has 6 heteroatoms. The van der Waals surface area contributed by atoms with Crippen molar-refractivity contribution in [3.05, 3.63) is 35.4 Å². The van der Waals surface area contributed by atoms with Crippen molar-refractivity contribution in [2.45, 2.75) is 19.1 Å². The highest BCUT2D eigenvalue weighted by Crippen LogP contribution is 2.10. The predicted octanol–water partition coefficient (Wildman–Crippen LogP) is 1.69. The molecule has 0 saturated heterocycles. The van der Waals surface area contributed by atoms with Crippen LogP contribution in [0.15, 0.2) is 24.3 Å². The molecule has 0 aliphatic heterocycles. The monoisotopic (exact) mass is 281 g/mol. The van der Waals surface area contributed by atoms with E-state index in [1.165, 1.54) is 12.1 Å². The van der Waals surface area contributed by atoms with Crippen molar-refractivity contribution in [1.29, 1.82) is 5.26 Å². The first-order valence-electron chi connectivity index (χ1n) is 5.82. The summed E-state index contributed by atoms with van der Waals surface area (Å²) < 4.78 is 27.8. The number of rotatable bonds is 6. The van der Waals surface area contributed by atoms with Gasteiger partial charge in [0.05, 0.1) is 24.0 Å². The summed E-state index contributed by atoms with van der Waals surface area (Å²) in [5, 5.41) is 8.39. The maximum atomic E-state index is 11.5. The standard InChI is InChI=1S/C13H15NO4S/c1-2-8-18-13(15)12-5-3-11(4-6-12)10-19(16,17)9-7-14/h3-6H,2,8-10H2,1H3. The number of carbonyl (C=O) groups excluding carboxylic acids is 1. The molecule has 102 valence electrons. The summed E-state index contributed by atoms with van der Waals surface area (Å²) in [6.45, 7) is 2.26. The molecule has 0 amide bonds. The normalized spacial score (nSPS) is 10.7. The molecule has 1 aromatic carbocycles. The second kappa shape index (κ2) is 6.90. The highest BCUT2D eigenvalue weighted by atomic mass is 32.2. The summed E-state index contributed by atoms with van der Waals surface area (Å²) in [5.41, 5.74) is 0.928. The average Bonchev–Trinajstić information content (AvgIpc) is 2.36. The van der Waals surface area contributed by atoms with Gasteiger partial charge in [-0.2, -0.15) is 5.26 Å². The van der Waals surface area contributed by atoms with Crippen LogP contribution >= 0.6 is 0 Å². The maximum Gasteiger partial charge on any atom is 0.338 e. The van der Waals surface area contributed by atoms with Crippen LogP contribution < -0.4 is 0 Å². The summed E-state index contributed by atoms with van der Waals surface area (Å²) in [6.07, 6.45) is 0.746. The molecule has 0 N–H and O–H groups in total. The Labute approximate surface area is 112 Å². The fraction of sp³-hybridized carbons (Fsp3) is 0.385. The number of carbonyl (C=O) groups is 1. The van der Waals surface area contributed by atoms with Gasteiger partial charge in [-0.25, -0.2) is 13.2 Å². The van der Waals surface area contributed by atoms with Crippen LogP contribution in [0.25, 0.3) is 0 Å². The van der Waals surface area contributed by atoms with Crippen LogP contribution in [-0.4, -0.2) is 26.7 Å². The molecule has 0 aliphatic carbocycles. The van der Waals surface area contributed by atoms with Gasteiger partial charge in [-0.1, -0.05) is 19.1 Å². The highest BCUT2D eigenvalue weighted by Gasteiger charge is 2.12. The summed E-state index contributed by atoms with van der Waals surface area (Å²) in [7, 11) is -3.41. The number of nitriles is 1. The minimum absolute atomic E-state index is 0.204. The van der Waals surface area contributed by atoms with Crippen molar-refractivity contribution >= 4 is 15.8 Å². The number of benzene rings is 1. The smallest absolute Gasteiger partial charge is 0.338 e. The van der Waals surface area contributed by atoms with Crippen molar-refractivity contribution in [3.8, 4) is 6.07 Å². The summed E-state index contributed by atoms with van der Waals surface area (Å²) in [6, 6.07) is 7.77. The molecule has 0 spiro atoms. The van der Waals surface area contributed by atoms with Gasteiger partial charge in [-0.15, -0.1) is 0 Å². The lowest BCUT2D eigenvalue weighted by Gasteiger charge is -2.04. The maximum absolute atomic E-state index is 11.5. The first kappa shape index (κ1) is 15.2. The highest BCUT2D eigenvalue weighted by molar-refractivity contribution is 7.90. The van der Waals surface area contributed by atoms with Gasteiger partial charge in [0.1, 0.15) is 5.75 Å². The van der Waals surface area contributed by atoms with Crippen molar-refractivity contribution < 1.29 is 17.9 Å². The SMILES string of the molecule is CCCOC(=O)c1ccc(CS(=O)(=O)CC#N)cc1. The molecule has 0 radical (unpaired) electrons. The van der Waals surface area contributed by atoms with Crippen molar-refractivity contribution in [2.24, 2.45) is 0 Å². The molecule has 0 bridgehead atoms. The summed E-state index contributed by atoms with van der Waals surface area (Å²) in [4.78, 5) is 11.5. The van der Waals surface area contributed by atoms with E-state index < -0.39 is 21.6 Å². The Hall–Kier alpha value is -1.87. The zero-order valence-corrected chi connectivity index (χ0v) is 11.4. The number of nitrogens with zero attached hydrogens (tertiary/aromatic N) is 1. The van der Waals surface area contributed by atoms with Crippen LogP contribution in [0.3, 0.4) is 0 Å². The summed E-state index contributed by atoms with van der Waals surface area (Å²) in [5.74, 6) is -1.13. The molecule has 5 nitrogen and oxygen atoms in total. The van der Waals surface area contributed by atoms with E-state index in [0.717, 1.165) is 6.42 Å². The Kier molecular flexibility index (Phi) is 5.52. The minimum Gasteiger partial charge on any atom is -0.462 e. The topological polar surface area (TPSA) is 84.2 Å². The molecule has 19 heavy (non-hydrogen) atoms. The van der Waals surface area contributed by atoms with Gasteiger partial charge in [0.2, 0.25) is 0 Å². The van der Waals surface area contributed by atoms with E-state index in [1.54, 1.807) is 18.2 Å². The van der Waals surface area contributed by atoms with Crippen LogP contribution in [0.4, 0.5) is 0 Å². The molecular weight excluding hydrogens is 266 g/mol. The number of ether oxygens (including phenoxy) is 1. The molecule has 0 aliphatic rings. The van der Waals surface area contributed by atoms with Gasteiger partial charge >= 0.3 is 5.97 Å². The molecule has 0 unspecified atom stereocenters. The van der Waals surface area contributed by atoms with Gasteiger partial charge in [0.25, 0.3) is 0 Å². The predicted molar refractivity (Wildman–Crippen MR) is 70.1 cm³/mol. The number of esters is 1. The van der Waals surface area contributed by atoms with E-state index >= 15 is 0 Å². The Morgan fingerprint density at radius 2 is 1.95 bits per heavy atom. The van der Waals surface area contributed by atoms with Gasteiger partial charge in [0.15, 0.2) is 9.84 Å². The van der Waals surface area contributed by atoms with Crippen LogP contribution in [0.1, 0.15) is 29.3 Å². The molecule has 0 fully saturated rings. The van der Waals surface area contributed by atoms with E-state index in [-0.39, 0.29) is 5.75 Å². The van der Waals surface area contributed by atoms with Crippen LogP contribution in [-0.2, 0) is 20.3 Å². The number of hydrogen-bond donors (Lipinski definition) is 0. The fourth-order valence-corrected chi connectivity index (χ4v) is 2.42. The van der Waals surface area contributed by atoms with E-state index in [4.69, 9.17) is 10.00 Å². The molecule has 0 heterocycles. The van der Waals surface area contributed by atoms with Gasteiger partial charge in [-0.05, 0) is 24.1 Å². The second-order valence-electron chi connectivity index (χ2n) is 4.02. The number of hydrogen-bond acceptors (Lipinski definition) is 5. The van der Waals surface area contributed by atoms with Crippen LogP contribution in [0.5, 0.6) is 0 Å². The summed E-state index contributed by atoms with van der Waals surface area (Å²) >= 11 is 0. The van der Waals surface area contributed by atoms with Crippen molar-refractivity contribution in [2.75, 3.05) is 12.4 Å². The zero-order valence-electron chi connectivity index (χ0n) is 10.6. The Bertz CT molecular complexity index is 570. The third kappa shape index (κ3) is 5.10. The molecule has 1 aromatic rings. The third-order valence-corrected chi connectivity index (χ3v) is 3.64. The first-order chi connectivity index (χ1) is 8.98. The first-order valence-corrected chi connectivity index (χ1v) is 7.64. The second-order valence-corrected chi connectivity index (χ2v) is 6.09. The minimum atomic E-state index is -3.41. The van der Waals surface area contributed by atoms with Crippen molar-refractivity contribution in [1.82, 2.24) is 0 Å². The van der Waals surface area contributed by atoms with Crippen LogP contribution in [0, 0.1) is 11.3 Å². The molecule has 0 aromatic heterocycles. The fourth-order valence-electron chi connectivity index (χ4n) is 1.42. The zero-order chi connectivity index (χ0) is 14.3. The van der Waals surface area contributed by atoms with E-state index in [1.807, 2.05) is 6.92 Å². The Morgan fingerprint density at radius 3 is 2.47 bits per heavy atom. The lowest BCUT2D eigenvalue weighted by atomic mass is 10.1. The Balaban J connectivity index is 2.72. The molecule has 1 rings (SSSR count). The third-order valence-electron chi connectivity index (χ3n) is 2.30. The lowest BCUT2D eigenvalue weighted by molar-refractivity contribution is 0.0505. The van der Waals surface area contributed by atoms with Gasteiger partial charge in [0, 0.05) is 0 Å². The van der Waals surface area contributed by atoms with E-state index in [9.17, 15) is 13.2 Å². The van der Waals surface area contributed by atoms with Crippen LogP contribution in [0.2, 0.25) is 0 Å². The van der Waals surface area contributed by atoms with Gasteiger partial charge < -0.3 is 4.74 Å².